The van der Waals surface area contributed by atoms with Gasteiger partial charge in [-0.15, -0.1) is 12.3 Å². The zero-order chi connectivity index (χ0) is 15.0. The Bertz CT molecular complexity index is 520. The van der Waals surface area contributed by atoms with Gasteiger partial charge in [-0.1, -0.05) is 19.1 Å². The van der Waals surface area contributed by atoms with E-state index in [0.717, 1.165) is 6.42 Å². The summed E-state index contributed by atoms with van der Waals surface area (Å²) in [7, 11) is 0. The van der Waals surface area contributed by atoms with Gasteiger partial charge in [0.2, 0.25) is 0 Å². The van der Waals surface area contributed by atoms with Gasteiger partial charge in [-0.05, 0) is 24.1 Å². The van der Waals surface area contributed by atoms with Crippen LogP contribution in [0, 0.1) is 12.3 Å². The summed E-state index contributed by atoms with van der Waals surface area (Å²) in [5.74, 6) is 1.60. The third-order valence-corrected chi connectivity index (χ3v) is 2.73. The van der Waals surface area contributed by atoms with Crippen LogP contribution in [0.25, 0.3) is 0 Å². The molecule has 3 N–H and O–H groups in total. The van der Waals surface area contributed by atoms with Crippen LogP contribution < -0.4 is 10.6 Å². The molecule has 0 radical (unpaired) electrons. The smallest absolute Gasteiger partial charge is 0.319 e. The molecule has 2 amide bonds. The lowest BCUT2D eigenvalue weighted by atomic mass is 10.1. The van der Waals surface area contributed by atoms with Crippen LogP contribution in [0.3, 0.4) is 0 Å². The molecule has 20 heavy (non-hydrogen) atoms. The predicted molar refractivity (Wildman–Crippen MR) is 77.5 cm³/mol. The Kier molecular flexibility index (Phi) is 6.11. The van der Waals surface area contributed by atoms with Crippen molar-refractivity contribution in [1.29, 1.82) is 0 Å². The summed E-state index contributed by atoms with van der Waals surface area (Å²) in [5.41, 5.74) is 1.18. The zero-order valence-electron chi connectivity index (χ0n) is 11.3. The molecule has 0 aliphatic carbocycles. The molecule has 0 aliphatic rings. The second kappa shape index (κ2) is 7.85. The van der Waals surface area contributed by atoms with Gasteiger partial charge < -0.3 is 15.7 Å². The number of carbonyl (C=O) groups is 2. The van der Waals surface area contributed by atoms with E-state index < -0.39 is 5.97 Å². The standard InChI is InChI=1S/C15H18N2O3/c1-3-6-12(4-2)16-15(20)17-13-8-5-7-11(9-13)10-14(18)19/h1,5,7-9,12H,4,6,10H2,2H3,(H,18,19)(H2,16,17,20). The number of urea groups is 1. The van der Waals surface area contributed by atoms with E-state index in [1.165, 1.54) is 0 Å². The van der Waals surface area contributed by atoms with Crippen molar-refractivity contribution < 1.29 is 14.7 Å². The first-order valence-electron chi connectivity index (χ1n) is 6.36. The maximum Gasteiger partial charge on any atom is 0.319 e. The lowest BCUT2D eigenvalue weighted by Gasteiger charge is -2.15. The molecule has 5 heteroatoms. The summed E-state index contributed by atoms with van der Waals surface area (Å²) in [6, 6.07) is 6.32. The number of nitrogens with one attached hydrogen (secondary N) is 2. The van der Waals surface area contributed by atoms with Crippen molar-refractivity contribution in [2.75, 3.05) is 5.32 Å². The van der Waals surface area contributed by atoms with Crippen molar-refractivity contribution in [3.63, 3.8) is 0 Å². The van der Waals surface area contributed by atoms with Crippen LogP contribution in [-0.4, -0.2) is 23.1 Å². The minimum Gasteiger partial charge on any atom is -0.481 e. The predicted octanol–water partition coefficient (Wildman–Crippen LogP) is 2.24. The Hall–Kier alpha value is -2.48. The van der Waals surface area contributed by atoms with Crippen molar-refractivity contribution in [1.82, 2.24) is 5.32 Å². The van der Waals surface area contributed by atoms with Crippen LogP contribution in [0.5, 0.6) is 0 Å². The van der Waals surface area contributed by atoms with Gasteiger partial charge in [-0.25, -0.2) is 4.79 Å². The molecule has 0 fully saturated rings. The Morgan fingerprint density at radius 2 is 2.20 bits per heavy atom. The van der Waals surface area contributed by atoms with Gasteiger partial charge >= 0.3 is 12.0 Å². The molecule has 0 saturated heterocycles. The molecule has 0 bridgehead atoms. The average Bonchev–Trinajstić information content (AvgIpc) is 2.37. The number of terminal acetylenes is 1. The maximum absolute atomic E-state index is 11.8. The van der Waals surface area contributed by atoms with E-state index in [4.69, 9.17) is 11.5 Å². The van der Waals surface area contributed by atoms with E-state index >= 15 is 0 Å². The summed E-state index contributed by atoms with van der Waals surface area (Å²) in [4.78, 5) is 22.4. The fourth-order valence-electron chi connectivity index (χ4n) is 1.73. The third-order valence-electron chi connectivity index (χ3n) is 2.73. The number of aliphatic carboxylic acids is 1. The number of rotatable bonds is 6. The highest BCUT2D eigenvalue weighted by Crippen LogP contribution is 2.11. The van der Waals surface area contributed by atoms with Crippen LogP contribution in [0.1, 0.15) is 25.3 Å². The molecule has 5 nitrogen and oxygen atoms in total. The summed E-state index contributed by atoms with van der Waals surface area (Å²) < 4.78 is 0. The molecule has 1 rings (SSSR count). The Morgan fingerprint density at radius 1 is 1.45 bits per heavy atom. The molecule has 1 unspecified atom stereocenters. The Balaban J connectivity index is 2.61. The van der Waals surface area contributed by atoms with Gasteiger partial charge in [0.15, 0.2) is 0 Å². The highest BCUT2D eigenvalue weighted by atomic mass is 16.4. The number of carboxylic acids is 1. The van der Waals surface area contributed by atoms with E-state index in [0.29, 0.717) is 17.7 Å². The molecule has 0 spiro atoms. The summed E-state index contributed by atoms with van der Waals surface area (Å²) in [5, 5.41) is 14.2. The van der Waals surface area contributed by atoms with Crippen LogP contribution in [0.4, 0.5) is 10.5 Å². The number of hydrogen-bond donors (Lipinski definition) is 3. The normalized spacial score (nSPS) is 11.2. The van der Waals surface area contributed by atoms with Gasteiger partial charge in [0.05, 0.1) is 6.42 Å². The molecular formula is C15H18N2O3. The minimum atomic E-state index is -0.910. The molecule has 106 valence electrons. The molecule has 1 aromatic carbocycles. The van der Waals surface area contributed by atoms with Crippen molar-refractivity contribution in [3.05, 3.63) is 29.8 Å². The van der Waals surface area contributed by atoms with Crippen molar-refractivity contribution in [2.45, 2.75) is 32.2 Å². The van der Waals surface area contributed by atoms with Crippen molar-refractivity contribution in [2.24, 2.45) is 0 Å². The lowest BCUT2D eigenvalue weighted by molar-refractivity contribution is -0.136. The Labute approximate surface area is 118 Å². The van der Waals surface area contributed by atoms with Gasteiger partial charge in [0.25, 0.3) is 0 Å². The monoisotopic (exact) mass is 274 g/mol. The third kappa shape index (κ3) is 5.44. The molecule has 0 saturated carbocycles. The topological polar surface area (TPSA) is 78.4 Å². The largest absolute Gasteiger partial charge is 0.481 e. The number of amides is 2. The van der Waals surface area contributed by atoms with Gasteiger partial charge in [0, 0.05) is 18.2 Å². The first kappa shape index (κ1) is 15.6. The van der Waals surface area contributed by atoms with E-state index in [9.17, 15) is 9.59 Å². The van der Waals surface area contributed by atoms with Crippen LogP contribution in [0.15, 0.2) is 24.3 Å². The molecule has 0 heterocycles. The highest BCUT2D eigenvalue weighted by Gasteiger charge is 2.09. The second-order valence-corrected chi connectivity index (χ2v) is 4.38. The number of hydrogen-bond acceptors (Lipinski definition) is 2. The summed E-state index contributed by atoms with van der Waals surface area (Å²) >= 11 is 0. The maximum atomic E-state index is 11.8. The second-order valence-electron chi connectivity index (χ2n) is 4.38. The number of anilines is 1. The van der Waals surface area contributed by atoms with Crippen molar-refractivity contribution in [3.8, 4) is 12.3 Å². The lowest BCUT2D eigenvalue weighted by Crippen LogP contribution is -2.37. The highest BCUT2D eigenvalue weighted by molar-refractivity contribution is 5.89. The van der Waals surface area contributed by atoms with E-state index in [-0.39, 0.29) is 18.5 Å². The first-order chi connectivity index (χ1) is 9.55. The summed E-state index contributed by atoms with van der Waals surface area (Å²) in [6.07, 6.45) is 6.37. The van der Waals surface area contributed by atoms with Crippen molar-refractivity contribution >= 4 is 17.7 Å². The van der Waals surface area contributed by atoms with Gasteiger partial charge in [-0.3, -0.25) is 4.79 Å². The van der Waals surface area contributed by atoms with E-state index in [1.54, 1.807) is 24.3 Å². The van der Waals surface area contributed by atoms with Crippen LogP contribution in [-0.2, 0) is 11.2 Å². The van der Waals surface area contributed by atoms with Crippen LogP contribution in [0.2, 0.25) is 0 Å². The molecule has 1 aromatic rings. The molecule has 0 aliphatic heterocycles. The number of benzene rings is 1. The van der Waals surface area contributed by atoms with Crippen LogP contribution >= 0.6 is 0 Å². The average molecular weight is 274 g/mol. The fourth-order valence-corrected chi connectivity index (χ4v) is 1.73. The number of carboxylic acid groups (broad SMARTS) is 1. The minimum absolute atomic E-state index is 0.0674. The Morgan fingerprint density at radius 3 is 2.80 bits per heavy atom. The van der Waals surface area contributed by atoms with E-state index in [2.05, 4.69) is 16.6 Å². The number of carbonyl (C=O) groups excluding carboxylic acids is 1. The SMILES string of the molecule is C#CCC(CC)NC(=O)Nc1cccc(CC(=O)O)c1. The zero-order valence-corrected chi connectivity index (χ0v) is 11.3. The molecular weight excluding hydrogens is 256 g/mol. The van der Waals surface area contributed by atoms with E-state index in [1.807, 2.05) is 6.92 Å². The quantitative estimate of drug-likeness (QED) is 0.696. The molecule has 0 aromatic heterocycles. The van der Waals surface area contributed by atoms with Gasteiger partial charge in [0.1, 0.15) is 0 Å². The van der Waals surface area contributed by atoms with Gasteiger partial charge in [-0.2, -0.15) is 0 Å². The molecule has 1 atom stereocenters. The first-order valence-corrected chi connectivity index (χ1v) is 6.36. The fraction of sp³-hybridized carbons (Fsp3) is 0.333. The summed E-state index contributed by atoms with van der Waals surface area (Å²) in [6.45, 7) is 1.94.